The fraction of sp³-hybridized carbons (Fsp3) is 0.400. The Hall–Kier alpha value is -1.62. The van der Waals surface area contributed by atoms with Gasteiger partial charge in [0, 0.05) is 23.3 Å². The molecule has 2 aromatic rings. The average Bonchev–Trinajstić information content (AvgIpc) is 2.84. The Morgan fingerprint density at radius 2 is 2.00 bits per heavy atom. The number of hydrogen-bond donors (Lipinski definition) is 1. The third kappa shape index (κ3) is 4.20. The summed E-state index contributed by atoms with van der Waals surface area (Å²) in [6.07, 6.45) is 5.85. The number of nitrogens with zero attached hydrogens (tertiary/aromatic N) is 2. The van der Waals surface area contributed by atoms with E-state index < -0.39 is 10.8 Å². The van der Waals surface area contributed by atoms with Gasteiger partial charge in [0.25, 0.3) is 0 Å². The molecule has 0 fully saturated rings. The van der Waals surface area contributed by atoms with Crippen molar-refractivity contribution in [2.75, 3.05) is 5.73 Å². The maximum atomic E-state index is 12.3. The minimum atomic E-state index is -1.05. The second kappa shape index (κ2) is 7.85. The first kappa shape index (κ1) is 16.4. The standard InChI is InChI=1S/C14H19N3OS.CH4/c1-2-3-8-17-11-16-9-13(17)10-19(18)14-6-4-12(15)5-7-14;/h4-7,9,11H,2-3,8,10,15H2,1H3;1H4. The summed E-state index contributed by atoms with van der Waals surface area (Å²) in [7, 11) is -1.05. The van der Waals surface area contributed by atoms with Crippen LogP contribution in [0.2, 0.25) is 0 Å². The molecule has 0 aliphatic carbocycles. The number of rotatable bonds is 6. The van der Waals surface area contributed by atoms with Gasteiger partial charge in [0.1, 0.15) is 0 Å². The van der Waals surface area contributed by atoms with Crippen LogP contribution in [0, 0.1) is 0 Å². The highest BCUT2D eigenvalue weighted by molar-refractivity contribution is 7.84. The maximum Gasteiger partial charge on any atom is 0.0948 e. The van der Waals surface area contributed by atoms with Crippen LogP contribution in [0.15, 0.2) is 41.7 Å². The van der Waals surface area contributed by atoms with Crippen LogP contribution in [0.25, 0.3) is 0 Å². The Kier molecular flexibility index (Phi) is 6.45. The van der Waals surface area contributed by atoms with Crippen molar-refractivity contribution in [2.24, 2.45) is 0 Å². The number of aromatic nitrogens is 2. The number of aryl methyl sites for hydroxylation is 1. The Bertz CT molecular complexity index is 549. The summed E-state index contributed by atoms with van der Waals surface area (Å²) >= 11 is 0. The number of nitrogen functional groups attached to an aromatic ring is 1. The van der Waals surface area contributed by atoms with Crippen LogP contribution in [-0.4, -0.2) is 13.8 Å². The molecule has 1 aromatic carbocycles. The van der Waals surface area contributed by atoms with E-state index in [0.717, 1.165) is 30.0 Å². The SMILES string of the molecule is C.CCCCn1cncc1CS(=O)c1ccc(N)cc1. The van der Waals surface area contributed by atoms with Crippen molar-refractivity contribution in [2.45, 2.75) is 44.4 Å². The number of hydrogen-bond acceptors (Lipinski definition) is 3. The summed E-state index contributed by atoms with van der Waals surface area (Å²) < 4.78 is 14.4. The van der Waals surface area contributed by atoms with Crippen molar-refractivity contribution >= 4 is 16.5 Å². The van der Waals surface area contributed by atoms with Gasteiger partial charge in [0.2, 0.25) is 0 Å². The zero-order valence-corrected chi connectivity index (χ0v) is 11.9. The lowest BCUT2D eigenvalue weighted by molar-refractivity contribution is 0.615. The van der Waals surface area contributed by atoms with Crippen molar-refractivity contribution in [3.8, 4) is 0 Å². The molecule has 110 valence electrons. The Balaban J connectivity index is 0.00000200. The van der Waals surface area contributed by atoms with E-state index in [9.17, 15) is 4.21 Å². The van der Waals surface area contributed by atoms with E-state index in [4.69, 9.17) is 5.73 Å². The molecule has 0 radical (unpaired) electrons. The first-order valence-corrected chi connectivity index (χ1v) is 7.75. The summed E-state index contributed by atoms with van der Waals surface area (Å²) in [6.45, 7) is 3.09. The molecule has 1 unspecified atom stereocenters. The van der Waals surface area contributed by atoms with Crippen LogP contribution in [0.4, 0.5) is 5.69 Å². The van der Waals surface area contributed by atoms with E-state index in [1.54, 1.807) is 18.3 Å². The monoisotopic (exact) mass is 293 g/mol. The van der Waals surface area contributed by atoms with Gasteiger partial charge < -0.3 is 10.3 Å². The minimum absolute atomic E-state index is 0. The molecule has 0 aliphatic heterocycles. The predicted octanol–water partition coefficient (Wildman–Crippen LogP) is 3.21. The summed E-state index contributed by atoms with van der Waals surface area (Å²) in [4.78, 5) is 4.95. The van der Waals surface area contributed by atoms with Crippen LogP contribution in [0.3, 0.4) is 0 Å². The van der Waals surface area contributed by atoms with Crippen LogP contribution < -0.4 is 5.73 Å². The van der Waals surface area contributed by atoms with Crippen LogP contribution >= 0.6 is 0 Å². The second-order valence-corrected chi connectivity index (χ2v) is 5.94. The molecule has 5 heteroatoms. The maximum absolute atomic E-state index is 12.3. The largest absolute Gasteiger partial charge is 0.399 e. The van der Waals surface area contributed by atoms with Gasteiger partial charge in [-0.3, -0.25) is 4.21 Å². The highest BCUT2D eigenvalue weighted by Crippen LogP contribution is 2.14. The Morgan fingerprint density at radius 3 is 2.65 bits per heavy atom. The van der Waals surface area contributed by atoms with Crippen LogP contribution in [0.5, 0.6) is 0 Å². The van der Waals surface area contributed by atoms with Crippen molar-refractivity contribution in [1.82, 2.24) is 9.55 Å². The van der Waals surface area contributed by atoms with Gasteiger partial charge in [-0.25, -0.2) is 4.98 Å². The van der Waals surface area contributed by atoms with E-state index in [-0.39, 0.29) is 7.43 Å². The van der Waals surface area contributed by atoms with Gasteiger partial charge in [-0.05, 0) is 30.7 Å². The molecule has 1 heterocycles. The first-order valence-electron chi connectivity index (χ1n) is 6.43. The molecule has 1 atom stereocenters. The number of nitrogens with two attached hydrogens (primary N) is 1. The van der Waals surface area contributed by atoms with Gasteiger partial charge in [0.05, 0.1) is 28.6 Å². The molecular weight excluding hydrogens is 270 g/mol. The predicted molar refractivity (Wildman–Crippen MR) is 84.8 cm³/mol. The zero-order chi connectivity index (χ0) is 13.7. The third-order valence-corrected chi connectivity index (χ3v) is 4.33. The van der Waals surface area contributed by atoms with E-state index in [1.807, 2.05) is 18.5 Å². The average molecular weight is 293 g/mol. The van der Waals surface area contributed by atoms with E-state index in [1.165, 1.54) is 0 Å². The molecule has 1 aromatic heterocycles. The van der Waals surface area contributed by atoms with Crippen molar-refractivity contribution in [3.63, 3.8) is 0 Å². The first-order chi connectivity index (χ1) is 9.20. The van der Waals surface area contributed by atoms with Crippen LogP contribution in [-0.2, 0) is 23.1 Å². The summed E-state index contributed by atoms with van der Waals surface area (Å²) in [5.74, 6) is 0.494. The summed E-state index contributed by atoms with van der Waals surface area (Å²) in [6, 6.07) is 7.19. The van der Waals surface area contributed by atoms with E-state index in [0.29, 0.717) is 11.4 Å². The molecular formula is C15H23N3OS. The molecule has 0 spiro atoms. The fourth-order valence-electron chi connectivity index (χ4n) is 1.84. The van der Waals surface area contributed by atoms with Gasteiger partial charge in [-0.15, -0.1) is 0 Å². The molecule has 2 N–H and O–H groups in total. The Morgan fingerprint density at radius 1 is 1.30 bits per heavy atom. The van der Waals surface area contributed by atoms with E-state index in [2.05, 4.69) is 16.5 Å². The topological polar surface area (TPSA) is 60.9 Å². The summed E-state index contributed by atoms with van der Waals surface area (Å²) in [5.41, 5.74) is 7.33. The minimum Gasteiger partial charge on any atom is -0.399 e. The molecule has 0 saturated carbocycles. The van der Waals surface area contributed by atoms with Gasteiger partial charge in [-0.2, -0.15) is 0 Å². The number of unbranched alkanes of at least 4 members (excludes halogenated alkanes) is 1. The van der Waals surface area contributed by atoms with Gasteiger partial charge >= 0.3 is 0 Å². The van der Waals surface area contributed by atoms with Crippen molar-refractivity contribution < 1.29 is 4.21 Å². The summed E-state index contributed by atoms with van der Waals surface area (Å²) in [5, 5.41) is 0. The molecule has 0 aliphatic rings. The number of benzene rings is 1. The smallest absolute Gasteiger partial charge is 0.0948 e. The zero-order valence-electron chi connectivity index (χ0n) is 11.1. The van der Waals surface area contributed by atoms with Crippen molar-refractivity contribution in [3.05, 3.63) is 42.5 Å². The molecule has 2 rings (SSSR count). The lowest BCUT2D eigenvalue weighted by atomic mass is 10.3. The molecule has 0 saturated heterocycles. The molecule has 4 nitrogen and oxygen atoms in total. The van der Waals surface area contributed by atoms with Gasteiger partial charge in [-0.1, -0.05) is 20.8 Å². The Labute approximate surface area is 123 Å². The second-order valence-electron chi connectivity index (χ2n) is 4.49. The lowest BCUT2D eigenvalue weighted by Gasteiger charge is -2.07. The highest BCUT2D eigenvalue weighted by atomic mass is 32.2. The molecule has 0 amide bonds. The van der Waals surface area contributed by atoms with Gasteiger partial charge in [0.15, 0.2) is 0 Å². The van der Waals surface area contributed by atoms with Crippen LogP contribution in [0.1, 0.15) is 32.9 Å². The lowest BCUT2D eigenvalue weighted by Crippen LogP contribution is -2.05. The highest BCUT2D eigenvalue weighted by Gasteiger charge is 2.09. The quantitative estimate of drug-likeness (QED) is 0.832. The van der Waals surface area contributed by atoms with Crippen molar-refractivity contribution in [1.29, 1.82) is 0 Å². The number of anilines is 1. The fourth-order valence-corrected chi connectivity index (χ4v) is 2.95. The third-order valence-electron chi connectivity index (χ3n) is 2.97. The normalized spacial score (nSPS) is 11.8. The van der Waals surface area contributed by atoms with E-state index >= 15 is 0 Å². The molecule has 20 heavy (non-hydrogen) atoms. The number of imidazole rings is 1. The molecule has 0 bridgehead atoms.